The van der Waals surface area contributed by atoms with Gasteiger partial charge in [-0.15, -0.1) is 0 Å². The third kappa shape index (κ3) is 1.31. The first kappa shape index (κ1) is 8.94. The fraction of sp³-hybridized carbons (Fsp3) is 0.273. The van der Waals surface area contributed by atoms with E-state index in [-0.39, 0.29) is 5.56 Å². The van der Waals surface area contributed by atoms with Gasteiger partial charge in [-0.25, -0.2) is 4.68 Å². The Morgan fingerprint density at radius 1 is 1.43 bits per heavy atom. The van der Waals surface area contributed by atoms with Crippen molar-refractivity contribution in [2.24, 2.45) is 7.05 Å². The number of aromatic nitrogens is 2. The quantitative estimate of drug-likeness (QED) is 0.679. The summed E-state index contributed by atoms with van der Waals surface area (Å²) in [6, 6.07) is 5.88. The van der Waals surface area contributed by atoms with Gasteiger partial charge in [0, 0.05) is 12.4 Å². The molecule has 0 atom stereocenters. The molecule has 0 aliphatic carbocycles. The summed E-state index contributed by atoms with van der Waals surface area (Å²) in [6.07, 6.45) is 2.71. The van der Waals surface area contributed by atoms with Crippen molar-refractivity contribution in [3.05, 3.63) is 40.3 Å². The molecule has 2 aromatic rings. The lowest BCUT2D eigenvalue weighted by Crippen LogP contribution is -2.18. The number of aryl methyl sites for hydroxylation is 2. The van der Waals surface area contributed by atoms with Gasteiger partial charge in [0.25, 0.3) is 5.56 Å². The first-order chi connectivity index (χ1) is 6.72. The Labute approximate surface area is 82.0 Å². The number of nitrogens with zero attached hydrogens (tertiary/aromatic N) is 2. The Kier molecular flexibility index (Phi) is 2.08. The van der Waals surface area contributed by atoms with E-state index in [1.54, 1.807) is 13.2 Å². The van der Waals surface area contributed by atoms with Crippen LogP contribution in [0.5, 0.6) is 0 Å². The van der Waals surface area contributed by atoms with Crippen LogP contribution in [0.3, 0.4) is 0 Å². The van der Waals surface area contributed by atoms with Crippen LogP contribution in [0.15, 0.2) is 29.2 Å². The number of rotatable bonds is 1. The van der Waals surface area contributed by atoms with Crippen LogP contribution in [0.25, 0.3) is 10.8 Å². The molecule has 0 aliphatic heterocycles. The van der Waals surface area contributed by atoms with E-state index in [4.69, 9.17) is 0 Å². The van der Waals surface area contributed by atoms with Crippen LogP contribution in [0.4, 0.5) is 0 Å². The summed E-state index contributed by atoms with van der Waals surface area (Å²) in [6.45, 7) is 2.09. The van der Waals surface area contributed by atoms with Crippen molar-refractivity contribution in [3.8, 4) is 0 Å². The molecule has 0 fully saturated rings. The second-order valence-corrected chi connectivity index (χ2v) is 3.35. The van der Waals surface area contributed by atoms with Crippen LogP contribution in [0, 0.1) is 0 Å². The molecule has 0 radical (unpaired) electrons. The van der Waals surface area contributed by atoms with Crippen molar-refractivity contribution in [2.45, 2.75) is 13.3 Å². The van der Waals surface area contributed by atoms with Crippen molar-refractivity contribution in [2.75, 3.05) is 0 Å². The van der Waals surface area contributed by atoms with E-state index >= 15 is 0 Å². The number of hydrogen-bond donors (Lipinski definition) is 0. The molecule has 1 heterocycles. The SMILES string of the molecule is CCc1ccc2c(=O)n(C)ncc2c1. The fourth-order valence-electron chi connectivity index (χ4n) is 1.51. The molecular weight excluding hydrogens is 176 g/mol. The third-order valence-electron chi connectivity index (χ3n) is 2.42. The lowest BCUT2D eigenvalue weighted by Gasteiger charge is -2.01. The Hall–Kier alpha value is -1.64. The fourth-order valence-corrected chi connectivity index (χ4v) is 1.51. The summed E-state index contributed by atoms with van der Waals surface area (Å²) in [5.41, 5.74) is 1.19. The highest BCUT2D eigenvalue weighted by molar-refractivity contribution is 5.81. The summed E-state index contributed by atoms with van der Waals surface area (Å²) >= 11 is 0. The highest BCUT2D eigenvalue weighted by atomic mass is 16.1. The average molecular weight is 188 g/mol. The zero-order chi connectivity index (χ0) is 10.1. The molecule has 0 N–H and O–H groups in total. The van der Waals surface area contributed by atoms with E-state index in [1.807, 2.05) is 18.2 Å². The lowest BCUT2D eigenvalue weighted by atomic mass is 10.1. The molecule has 1 aromatic heterocycles. The van der Waals surface area contributed by atoms with E-state index in [0.717, 1.165) is 17.2 Å². The van der Waals surface area contributed by atoms with Crippen molar-refractivity contribution in [1.29, 1.82) is 0 Å². The first-order valence-electron chi connectivity index (χ1n) is 4.67. The van der Waals surface area contributed by atoms with E-state index in [2.05, 4.69) is 12.0 Å². The minimum absolute atomic E-state index is 0.0369. The van der Waals surface area contributed by atoms with Gasteiger partial charge in [-0.05, 0) is 24.1 Å². The van der Waals surface area contributed by atoms with Gasteiger partial charge < -0.3 is 0 Å². The van der Waals surface area contributed by atoms with Crippen LogP contribution in [-0.2, 0) is 13.5 Å². The van der Waals surface area contributed by atoms with Gasteiger partial charge in [0.15, 0.2) is 0 Å². The minimum atomic E-state index is -0.0369. The van der Waals surface area contributed by atoms with Gasteiger partial charge in [0.05, 0.1) is 11.6 Å². The summed E-state index contributed by atoms with van der Waals surface area (Å²) in [7, 11) is 1.66. The molecule has 0 spiro atoms. The highest BCUT2D eigenvalue weighted by Crippen LogP contribution is 2.11. The average Bonchev–Trinajstić information content (AvgIpc) is 2.23. The molecule has 3 heteroatoms. The third-order valence-corrected chi connectivity index (χ3v) is 2.42. The van der Waals surface area contributed by atoms with Gasteiger partial charge in [0.1, 0.15) is 0 Å². The normalized spacial score (nSPS) is 10.7. The van der Waals surface area contributed by atoms with Gasteiger partial charge in [-0.3, -0.25) is 4.79 Å². The van der Waals surface area contributed by atoms with E-state index in [9.17, 15) is 4.79 Å². The number of benzene rings is 1. The van der Waals surface area contributed by atoms with Gasteiger partial charge in [-0.2, -0.15) is 5.10 Å². The minimum Gasteiger partial charge on any atom is -0.267 e. The summed E-state index contributed by atoms with van der Waals surface area (Å²) in [5.74, 6) is 0. The molecular formula is C11H12N2O. The smallest absolute Gasteiger partial charge is 0.267 e. The zero-order valence-electron chi connectivity index (χ0n) is 8.32. The van der Waals surface area contributed by atoms with Crippen LogP contribution in [0.1, 0.15) is 12.5 Å². The van der Waals surface area contributed by atoms with Gasteiger partial charge in [-0.1, -0.05) is 13.0 Å². The molecule has 0 amide bonds. The molecule has 0 saturated heterocycles. The van der Waals surface area contributed by atoms with Gasteiger partial charge in [0.2, 0.25) is 0 Å². The van der Waals surface area contributed by atoms with Crippen molar-refractivity contribution in [1.82, 2.24) is 9.78 Å². The Morgan fingerprint density at radius 3 is 2.93 bits per heavy atom. The molecule has 14 heavy (non-hydrogen) atoms. The first-order valence-corrected chi connectivity index (χ1v) is 4.67. The number of fused-ring (bicyclic) bond motifs is 1. The Bertz CT molecular complexity index is 528. The maximum atomic E-state index is 11.6. The largest absolute Gasteiger partial charge is 0.274 e. The zero-order valence-corrected chi connectivity index (χ0v) is 8.32. The lowest BCUT2D eigenvalue weighted by molar-refractivity contribution is 0.718. The molecule has 2 rings (SSSR count). The molecule has 1 aromatic carbocycles. The standard InChI is InChI=1S/C11H12N2O/c1-3-8-4-5-10-9(6-8)7-12-13(2)11(10)14/h4-7H,3H2,1-2H3. The predicted octanol–water partition coefficient (Wildman–Crippen LogP) is 1.50. The van der Waals surface area contributed by atoms with E-state index < -0.39 is 0 Å². The molecule has 0 unspecified atom stereocenters. The van der Waals surface area contributed by atoms with Crippen LogP contribution in [0.2, 0.25) is 0 Å². The molecule has 0 bridgehead atoms. The molecule has 72 valence electrons. The molecule has 0 aliphatic rings. The number of hydrogen-bond acceptors (Lipinski definition) is 2. The maximum absolute atomic E-state index is 11.6. The Morgan fingerprint density at radius 2 is 2.21 bits per heavy atom. The van der Waals surface area contributed by atoms with Gasteiger partial charge >= 0.3 is 0 Å². The van der Waals surface area contributed by atoms with Crippen molar-refractivity contribution < 1.29 is 0 Å². The second-order valence-electron chi connectivity index (χ2n) is 3.35. The molecule has 0 saturated carbocycles. The topological polar surface area (TPSA) is 34.9 Å². The summed E-state index contributed by atoms with van der Waals surface area (Å²) in [5, 5.41) is 5.65. The highest BCUT2D eigenvalue weighted by Gasteiger charge is 2.01. The van der Waals surface area contributed by atoms with E-state index in [0.29, 0.717) is 0 Å². The van der Waals surface area contributed by atoms with Crippen LogP contribution >= 0.6 is 0 Å². The van der Waals surface area contributed by atoms with Crippen molar-refractivity contribution >= 4 is 10.8 Å². The van der Waals surface area contributed by atoms with Crippen LogP contribution < -0.4 is 5.56 Å². The van der Waals surface area contributed by atoms with Crippen LogP contribution in [-0.4, -0.2) is 9.78 Å². The second kappa shape index (κ2) is 3.25. The summed E-state index contributed by atoms with van der Waals surface area (Å²) < 4.78 is 1.36. The van der Waals surface area contributed by atoms with Crippen molar-refractivity contribution in [3.63, 3.8) is 0 Å². The molecule has 3 nitrogen and oxygen atoms in total. The summed E-state index contributed by atoms with van der Waals surface area (Å²) in [4.78, 5) is 11.6. The Balaban J connectivity index is 2.81. The monoisotopic (exact) mass is 188 g/mol. The van der Waals surface area contributed by atoms with E-state index in [1.165, 1.54) is 10.2 Å². The maximum Gasteiger partial charge on any atom is 0.274 e. The predicted molar refractivity (Wildman–Crippen MR) is 56.4 cm³/mol.